The molecule has 0 unspecified atom stereocenters. The number of rotatable bonds is 4. The van der Waals surface area contributed by atoms with Gasteiger partial charge in [-0.05, 0) is 36.8 Å². The number of furan rings is 1. The molecule has 2 amide bonds. The van der Waals surface area contributed by atoms with E-state index in [4.69, 9.17) is 4.42 Å². The van der Waals surface area contributed by atoms with Crippen molar-refractivity contribution < 1.29 is 18.4 Å². The number of hydrogen-bond acceptors (Lipinski definition) is 3. The number of carbonyl (C=O) groups excluding carboxylic acids is 2. The van der Waals surface area contributed by atoms with Crippen LogP contribution in [-0.4, -0.2) is 11.8 Å². The minimum absolute atomic E-state index is 0.143. The van der Waals surface area contributed by atoms with Crippen molar-refractivity contribution in [3.63, 3.8) is 0 Å². The van der Waals surface area contributed by atoms with Gasteiger partial charge < -0.3 is 15.1 Å². The molecule has 0 saturated heterocycles. The van der Waals surface area contributed by atoms with Crippen molar-refractivity contribution in [1.82, 2.24) is 10.6 Å². The Kier molecular flexibility index (Phi) is 4.71. The third-order valence-electron chi connectivity index (χ3n) is 2.93. The lowest BCUT2D eigenvalue weighted by Gasteiger charge is -2.13. The fourth-order valence-corrected chi connectivity index (χ4v) is 1.76. The van der Waals surface area contributed by atoms with Gasteiger partial charge in [0.1, 0.15) is 11.6 Å². The fourth-order valence-electron chi connectivity index (χ4n) is 1.76. The van der Waals surface area contributed by atoms with Crippen LogP contribution < -0.4 is 10.6 Å². The number of carbonyl (C=O) groups is 2. The predicted molar refractivity (Wildman–Crippen MR) is 73.5 cm³/mol. The van der Waals surface area contributed by atoms with Gasteiger partial charge in [-0.2, -0.15) is 0 Å². The number of amides is 2. The van der Waals surface area contributed by atoms with Crippen LogP contribution in [0.2, 0.25) is 0 Å². The number of halogens is 1. The van der Waals surface area contributed by atoms with E-state index < -0.39 is 17.9 Å². The molecule has 5 nitrogen and oxygen atoms in total. The first-order valence-electron chi connectivity index (χ1n) is 6.43. The third-order valence-corrected chi connectivity index (χ3v) is 2.93. The lowest BCUT2D eigenvalue weighted by Crippen LogP contribution is -2.40. The Morgan fingerprint density at radius 1 is 1.19 bits per heavy atom. The van der Waals surface area contributed by atoms with Crippen LogP contribution in [0, 0.1) is 5.82 Å². The molecule has 2 N–H and O–H groups in total. The highest BCUT2D eigenvalue weighted by Gasteiger charge is 2.17. The maximum atomic E-state index is 12.8. The quantitative estimate of drug-likeness (QED) is 0.845. The predicted octanol–water partition coefficient (Wildman–Crippen LogP) is 1.91. The summed E-state index contributed by atoms with van der Waals surface area (Å²) in [6, 6.07) is 8.70. The van der Waals surface area contributed by atoms with Gasteiger partial charge in [-0.1, -0.05) is 12.1 Å². The van der Waals surface area contributed by atoms with Crippen molar-refractivity contribution in [2.45, 2.75) is 19.5 Å². The molecule has 6 heteroatoms. The summed E-state index contributed by atoms with van der Waals surface area (Å²) in [5, 5.41) is 4.99. The van der Waals surface area contributed by atoms with Crippen LogP contribution in [0.25, 0.3) is 0 Å². The van der Waals surface area contributed by atoms with Gasteiger partial charge in [-0.3, -0.25) is 9.59 Å². The molecule has 0 fully saturated rings. The molecule has 0 aliphatic carbocycles. The Bertz CT molecular complexity index is 608. The zero-order chi connectivity index (χ0) is 15.2. The highest BCUT2D eigenvalue weighted by atomic mass is 19.1. The Morgan fingerprint density at radius 3 is 2.52 bits per heavy atom. The van der Waals surface area contributed by atoms with Crippen LogP contribution in [0.5, 0.6) is 0 Å². The van der Waals surface area contributed by atoms with Crippen molar-refractivity contribution in [2.75, 3.05) is 0 Å². The highest BCUT2D eigenvalue weighted by molar-refractivity contribution is 6.35. The van der Waals surface area contributed by atoms with Gasteiger partial charge in [0, 0.05) is 0 Å². The first kappa shape index (κ1) is 14.8. The minimum Gasteiger partial charge on any atom is -0.467 e. The van der Waals surface area contributed by atoms with E-state index in [0.717, 1.165) is 0 Å². The second-order valence-electron chi connectivity index (χ2n) is 4.51. The smallest absolute Gasteiger partial charge is 0.309 e. The first-order valence-corrected chi connectivity index (χ1v) is 6.43. The summed E-state index contributed by atoms with van der Waals surface area (Å²) in [5.41, 5.74) is 0.712. The van der Waals surface area contributed by atoms with Crippen LogP contribution in [-0.2, 0) is 16.1 Å². The lowest BCUT2D eigenvalue weighted by atomic mass is 10.1. The van der Waals surface area contributed by atoms with E-state index in [1.165, 1.54) is 18.4 Å². The molecular weight excluding hydrogens is 275 g/mol. The van der Waals surface area contributed by atoms with E-state index in [2.05, 4.69) is 10.6 Å². The van der Waals surface area contributed by atoms with Crippen LogP contribution in [0.15, 0.2) is 47.1 Å². The van der Waals surface area contributed by atoms with Crippen LogP contribution in [0.4, 0.5) is 4.39 Å². The topological polar surface area (TPSA) is 71.3 Å². The molecule has 0 aliphatic heterocycles. The van der Waals surface area contributed by atoms with Crippen molar-refractivity contribution in [3.8, 4) is 0 Å². The summed E-state index contributed by atoms with van der Waals surface area (Å²) < 4.78 is 17.9. The van der Waals surface area contributed by atoms with Crippen molar-refractivity contribution in [3.05, 3.63) is 59.8 Å². The molecule has 1 atom stereocenters. The molecule has 1 aromatic carbocycles. The highest BCUT2D eigenvalue weighted by Crippen LogP contribution is 2.12. The summed E-state index contributed by atoms with van der Waals surface area (Å²) in [6.07, 6.45) is 1.48. The molecule has 2 aromatic rings. The molecule has 0 spiro atoms. The minimum atomic E-state index is -0.751. The zero-order valence-electron chi connectivity index (χ0n) is 11.4. The molecule has 21 heavy (non-hydrogen) atoms. The largest absolute Gasteiger partial charge is 0.467 e. The van der Waals surface area contributed by atoms with Gasteiger partial charge in [0.2, 0.25) is 0 Å². The van der Waals surface area contributed by atoms with E-state index in [1.807, 2.05) is 0 Å². The number of hydrogen-bond donors (Lipinski definition) is 2. The fraction of sp³-hybridized carbons (Fsp3) is 0.200. The first-order chi connectivity index (χ1) is 10.1. The third kappa shape index (κ3) is 4.17. The Morgan fingerprint density at radius 2 is 1.90 bits per heavy atom. The molecule has 1 heterocycles. The Labute approximate surface area is 121 Å². The maximum Gasteiger partial charge on any atom is 0.309 e. The molecule has 110 valence electrons. The van der Waals surface area contributed by atoms with Crippen molar-refractivity contribution >= 4 is 11.8 Å². The van der Waals surface area contributed by atoms with Crippen LogP contribution in [0.1, 0.15) is 24.3 Å². The number of benzene rings is 1. The second-order valence-corrected chi connectivity index (χ2v) is 4.51. The lowest BCUT2D eigenvalue weighted by molar-refractivity contribution is -0.139. The van der Waals surface area contributed by atoms with E-state index >= 15 is 0 Å². The number of nitrogens with one attached hydrogen (secondary N) is 2. The summed E-state index contributed by atoms with van der Waals surface area (Å²) in [7, 11) is 0. The monoisotopic (exact) mass is 290 g/mol. The van der Waals surface area contributed by atoms with E-state index in [0.29, 0.717) is 11.3 Å². The zero-order valence-corrected chi connectivity index (χ0v) is 11.4. The average molecular weight is 290 g/mol. The van der Waals surface area contributed by atoms with Crippen molar-refractivity contribution in [2.24, 2.45) is 0 Å². The summed E-state index contributed by atoms with van der Waals surface area (Å²) in [4.78, 5) is 23.4. The SMILES string of the molecule is C[C@H](NC(=O)C(=O)NCc1ccco1)c1ccc(F)cc1. The van der Waals surface area contributed by atoms with Gasteiger partial charge in [0.15, 0.2) is 0 Å². The normalized spacial score (nSPS) is 11.7. The Balaban J connectivity index is 1.85. The van der Waals surface area contributed by atoms with Gasteiger partial charge in [0.05, 0.1) is 18.8 Å². The Hall–Kier alpha value is -2.63. The van der Waals surface area contributed by atoms with Crippen LogP contribution >= 0.6 is 0 Å². The van der Waals surface area contributed by atoms with E-state index in [9.17, 15) is 14.0 Å². The second kappa shape index (κ2) is 6.69. The van der Waals surface area contributed by atoms with Gasteiger partial charge in [-0.15, -0.1) is 0 Å². The van der Waals surface area contributed by atoms with E-state index in [-0.39, 0.29) is 12.4 Å². The van der Waals surface area contributed by atoms with Crippen molar-refractivity contribution in [1.29, 1.82) is 0 Å². The molecule has 0 radical (unpaired) electrons. The van der Waals surface area contributed by atoms with E-state index in [1.54, 1.807) is 31.2 Å². The summed E-state index contributed by atoms with van der Waals surface area (Å²) >= 11 is 0. The maximum absolute atomic E-state index is 12.8. The molecular formula is C15H15FN2O3. The van der Waals surface area contributed by atoms with Crippen LogP contribution in [0.3, 0.4) is 0 Å². The van der Waals surface area contributed by atoms with Gasteiger partial charge in [-0.25, -0.2) is 4.39 Å². The molecule has 2 rings (SSSR count). The summed E-state index contributed by atoms with van der Waals surface area (Å²) in [5.74, 6) is -1.30. The summed E-state index contributed by atoms with van der Waals surface area (Å²) in [6.45, 7) is 1.86. The molecule has 0 aliphatic rings. The van der Waals surface area contributed by atoms with Gasteiger partial charge >= 0.3 is 11.8 Å². The molecule has 1 aromatic heterocycles. The standard InChI is InChI=1S/C15H15FN2O3/c1-10(11-4-6-12(16)7-5-11)18-15(20)14(19)17-9-13-3-2-8-21-13/h2-8,10H,9H2,1H3,(H,17,19)(H,18,20)/t10-/m0/s1. The molecule has 0 bridgehead atoms. The van der Waals surface area contributed by atoms with Gasteiger partial charge in [0.25, 0.3) is 0 Å². The average Bonchev–Trinajstić information content (AvgIpc) is 2.98. The molecule has 0 saturated carbocycles.